The van der Waals surface area contributed by atoms with Crippen LogP contribution >= 0.6 is 0 Å². The third-order valence-electron chi connectivity index (χ3n) is 2.35. The van der Waals surface area contributed by atoms with E-state index in [2.05, 4.69) is 27.2 Å². The summed E-state index contributed by atoms with van der Waals surface area (Å²) in [5.74, 6) is 4.60. The monoisotopic (exact) mass is 273 g/mol. The minimum atomic E-state index is -0.430. The molecule has 0 fully saturated rings. The lowest BCUT2D eigenvalue weighted by molar-refractivity contribution is -0.116. The number of carbonyl (C=O) groups is 1. The zero-order chi connectivity index (χ0) is 14.4. The van der Waals surface area contributed by atoms with E-state index in [9.17, 15) is 9.18 Å². The average Bonchev–Trinajstić information content (AvgIpc) is 2.91. The largest absolute Gasteiger partial charge is 0.323 e. The highest BCUT2D eigenvalue weighted by atomic mass is 19.1. The molecule has 0 saturated carbocycles. The Morgan fingerprint density at radius 1 is 1.50 bits per heavy atom. The van der Waals surface area contributed by atoms with Crippen molar-refractivity contribution < 1.29 is 9.18 Å². The number of aromatic nitrogens is 3. The highest BCUT2D eigenvalue weighted by molar-refractivity contribution is 5.91. The summed E-state index contributed by atoms with van der Waals surface area (Å²) in [6, 6.07) is 3.95. The summed E-state index contributed by atoms with van der Waals surface area (Å²) < 4.78 is 14.6. The van der Waals surface area contributed by atoms with Crippen LogP contribution in [0.3, 0.4) is 0 Å². The van der Waals surface area contributed by atoms with Crippen molar-refractivity contribution in [1.29, 1.82) is 0 Å². The van der Waals surface area contributed by atoms with Crippen molar-refractivity contribution in [3.63, 3.8) is 0 Å². The molecule has 0 atom stereocenters. The van der Waals surface area contributed by atoms with Gasteiger partial charge >= 0.3 is 0 Å². The lowest BCUT2D eigenvalue weighted by Gasteiger charge is -2.07. The minimum absolute atomic E-state index is 0.0150. The van der Waals surface area contributed by atoms with Crippen LogP contribution in [0.1, 0.15) is 5.56 Å². The zero-order valence-corrected chi connectivity index (χ0v) is 10.5. The van der Waals surface area contributed by atoms with Gasteiger partial charge in [0, 0.05) is 0 Å². The third kappa shape index (κ3) is 3.63. The molecule has 1 aromatic carbocycles. The number of hydrogen-bond acceptors (Lipinski definition) is 4. The van der Waals surface area contributed by atoms with Gasteiger partial charge in [-0.25, -0.2) is 14.1 Å². The number of nitrogens with one attached hydrogen (secondary N) is 1. The molecule has 20 heavy (non-hydrogen) atoms. The van der Waals surface area contributed by atoms with Crippen molar-refractivity contribution >= 4 is 11.6 Å². The molecule has 1 amide bonds. The van der Waals surface area contributed by atoms with Crippen LogP contribution in [0.2, 0.25) is 0 Å². The smallest absolute Gasteiger partial charge is 0.246 e. The molecule has 102 valence electrons. The number of benzene rings is 1. The maximum absolute atomic E-state index is 13.2. The van der Waals surface area contributed by atoms with Crippen molar-refractivity contribution in [2.75, 3.05) is 11.9 Å². The minimum Gasteiger partial charge on any atom is -0.323 e. The zero-order valence-electron chi connectivity index (χ0n) is 10.5. The highest BCUT2D eigenvalue weighted by Gasteiger charge is 2.08. The molecule has 0 unspecified atom stereocenters. The molecule has 0 spiro atoms. The van der Waals surface area contributed by atoms with Gasteiger partial charge in [0.05, 0.1) is 17.8 Å². The summed E-state index contributed by atoms with van der Waals surface area (Å²) in [7, 11) is 0. The number of nitrogens with zero attached hydrogens (tertiary/aromatic N) is 3. The molecule has 0 aliphatic rings. The molecular weight excluding hydrogens is 261 g/mol. The molecule has 1 aromatic heterocycles. The molecule has 3 N–H and O–H groups in total. The van der Waals surface area contributed by atoms with E-state index < -0.39 is 5.82 Å². The fourth-order valence-electron chi connectivity index (χ4n) is 1.53. The summed E-state index contributed by atoms with van der Waals surface area (Å²) in [4.78, 5) is 15.6. The molecule has 0 radical (unpaired) electrons. The van der Waals surface area contributed by atoms with E-state index in [0.29, 0.717) is 11.3 Å². The topological polar surface area (TPSA) is 85.8 Å². The van der Waals surface area contributed by atoms with E-state index in [4.69, 9.17) is 5.73 Å². The number of halogens is 1. The summed E-state index contributed by atoms with van der Waals surface area (Å²) in [5.41, 5.74) is 6.09. The second-order valence-electron chi connectivity index (χ2n) is 3.84. The number of hydrogen-bond donors (Lipinski definition) is 2. The molecule has 1 heterocycles. The van der Waals surface area contributed by atoms with Crippen molar-refractivity contribution in [3.8, 4) is 11.8 Å². The quantitative estimate of drug-likeness (QED) is 0.791. The lowest BCUT2D eigenvalue weighted by Crippen LogP contribution is -2.19. The van der Waals surface area contributed by atoms with Crippen molar-refractivity contribution in [2.45, 2.75) is 6.54 Å². The number of nitrogens with two attached hydrogens (primary N) is 1. The van der Waals surface area contributed by atoms with Crippen molar-refractivity contribution in [1.82, 2.24) is 14.8 Å². The molecule has 2 aromatic rings. The Hall–Kier alpha value is -2.72. The molecule has 0 aliphatic heterocycles. The number of rotatable bonds is 3. The van der Waals surface area contributed by atoms with Gasteiger partial charge in [-0.2, -0.15) is 5.10 Å². The molecule has 0 aliphatic carbocycles. The Balaban J connectivity index is 2.14. The third-order valence-corrected chi connectivity index (χ3v) is 2.35. The Labute approximate surface area is 114 Å². The second-order valence-corrected chi connectivity index (χ2v) is 3.84. The predicted molar refractivity (Wildman–Crippen MR) is 71.0 cm³/mol. The SMILES string of the molecule is NCC#Cc1cc(F)ccc1NC(=O)Cn1cncn1. The van der Waals surface area contributed by atoms with E-state index in [-0.39, 0.29) is 19.0 Å². The Morgan fingerprint density at radius 3 is 3.05 bits per heavy atom. The summed E-state index contributed by atoms with van der Waals surface area (Å²) in [5, 5.41) is 6.47. The van der Waals surface area contributed by atoms with Crippen molar-refractivity contribution in [2.24, 2.45) is 5.73 Å². The van der Waals surface area contributed by atoms with Crippen LogP contribution in [0.25, 0.3) is 0 Å². The number of anilines is 1. The van der Waals surface area contributed by atoms with Gasteiger partial charge in [0.25, 0.3) is 0 Å². The maximum Gasteiger partial charge on any atom is 0.246 e. The van der Waals surface area contributed by atoms with Crippen molar-refractivity contribution in [3.05, 3.63) is 42.2 Å². The summed E-state index contributed by atoms with van der Waals surface area (Å²) in [6.07, 6.45) is 2.77. The molecular formula is C13H12FN5O. The van der Waals surface area contributed by atoms with Gasteiger partial charge < -0.3 is 11.1 Å². The van der Waals surface area contributed by atoms with Gasteiger partial charge in [-0.3, -0.25) is 4.79 Å². The van der Waals surface area contributed by atoms with E-state index >= 15 is 0 Å². The number of carbonyl (C=O) groups excluding carboxylic acids is 1. The van der Waals surface area contributed by atoms with E-state index in [1.54, 1.807) is 0 Å². The van der Waals surface area contributed by atoms with Crippen LogP contribution in [0.15, 0.2) is 30.9 Å². The van der Waals surface area contributed by atoms with Gasteiger partial charge in [-0.1, -0.05) is 11.8 Å². The lowest BCUT2D eigenvalue weighted by atomic mass is 10.1. The first-order valence-corrected chi connectivity index (χ1v) is 5.80. The first-order valence-electron chi connectivity index (χ1n) is 5.80. The van der Waals surface area contributed by atoms with Crippen LogP contribution in [0.5, 0.6) is 0 Å². The van der Waals surface area contributed by atoms with E-state index in [1.807, 2.05) is 0 Å². The summed E-state index contributed by atoms with van der Waals surface area (Å²) >= 11 is 0. The Bertz CT molecular complexity index is 657. The highest BCUT2D eigenvalue weighted by Crippen LogP contribution is 2.16. The second kappa shape index (κ2) is 6.45. The standard InChI is InChI=1S/C13H12FN5O/c14-11-3-4-12(10(6-11)2-1-5-15)18-13(20)7-19-9-16-8-17-19/h3-4,6,8-9H,5,7,15H2,(H,18,20). The molecule has 6 nitrogen and oxygen atoms in total. The van der Waals surface area contributed by atoms with Gasteiger partial charge in [0.2, 0.25) is 5.91 Å². The Kier molecular flexibility index (Phi) is 4.42. The number of amides is 1. The summed E-state index contributed by atoms with van der Waals surface area (Å²) in [6.45, 7) is 0.171. The fraction of sp³-hybridized carbons (Fsp3) is 0.154. The Morgan fingerprint density at radius 2 is 2.35 bits per heavy atom. The maximum atomic E-state index is 13.2. The van der Waals surface area contributed by atoms with E-state index in [0.717, 1.165) is 0 Å². The van der Waals surface area contributed by atoms with Gasteiger partial charge in [-0.05, 0) is 18.2 Å². The molecule has 2 rings (SSSR count). The van der Waals surface area contributed by atoms with Crippen LogP contribution < -0.4 is 11.1 Å². The predicted octanol–water partition coefficient (Wildman–Crippen LogP) is 0.366. The van der Waals surface area contributed by atoms with Crippen LogP contribution in [0.4, 0.5) is 10.1 Å². The van der Waals surface area contributed by atoms with Gasteiger partial charge in [0.15, 0.2) is 0 Å². The van der Waals surface area contributed by atoms with Gasteiger partial charge in [-0.15, -0.1) is 0 Å². The first kappa shape index (κ1) is 13.7. The average molecular weight is 273 g/mol. The van der Waals surface area contributed by atoms with Crippen LogP contribution in [-0.4, -0.2) is 27.2 Å². The van der Waals surface area contributed by atoms with Crippen LogP contribution in [-0.2, 0) is 11.3 Å². The normalized spacial score (nSPS) is 9.70. The molecule has 7 heteroatoms. The van der Waals surface area contributed by atoms with E-state index in [1.165, 1.54) is 35.5 Å². The molecule has 0 bridgehead atoms. The van der Waals surface area contributed by atoms with Crippen LogP contribution in [0, 0.1) is 17.7 Å². The van der Waals surface area contributed by atoms with Gasteiger partial charge in [0.1, 0.15) is 25.0 Å². The first-order chi connectivity index (χ1) is 9.69. The molecule has 0 saturated heterocycles. The fourth-order valence-corrected chi connectivity index (χ4v) is 1.53.